The minimum Gasteiger partial charge on any atom is -0.444 e. The van der Waals surface area contributed by atoms with Crippen LogP contribution in [0, 0.1) is 10.7 Å². The predicted molar refractivity (Wildman–Crippen MR) is 109 cm³/mol. The van der Waals surface area contributed by atoms with Gasteiger partial charge < -0.3 is 15.0 Å². The first-order chi connectivity index (χ1) is 13.7. The van der Waals surface area contributed by atoms with Crippen LogP contribution in [0.1, 0.15) is 42.5 Å². The average molecular weight is 414 g/mol. The molecule has 0 atom stereocenters. The molecule has 0 unspecified atom stereocenters. The van der Waals surface area contributed by atoms with Crippen LogP contribution < -0.4 is 5.32 Å². The number of nitrogens with zero attached hydrogens (tertiary/aromatic N) is 4. The summed E-state index contributed by atoms with van der Waals surface area (Å²) in [5.74, 6) is -0.339. The van der Waals surface area contributed by atoms with Crippen LogP contribution in [0.4, 0.5) is 10.5 Å². The molecule has 152 valence electrons. The Morgan fingerprint density at radius 3 is 2.59 bits per heavy atom. The van der Waals surface area contributed by atoms with Crippen LogP contribution in [-0.4, -0.2) is 38.8 Å². The fourth-order valence-electron chi connectivity index (χ4n) is 3.11. The summed E-state index contributed by atoms with van der Waals surface area (Å²) in [5.41, 5.74) is 2.00. The monoisotopic (exact) mass is 413 g/mol. The van der Waals surface area contributed by atoms with Crippen LogP contribution in [0.25, 0.3) is 0 Å². The van der Waals surface area contributed by atoms with Crippen LogP contribution in [0.3, 0.4) is 0 Å². The van der Waals surface area contributed by atoms with Gasteiger partial charge in [-0.2, -0.15) is 10.4 Å². The van der Waals surface area contributed by atoms with Crippen LogP contribution in [0.2, 0.25) is 0 Å². The van der Waals surface area contributed by atoms with Crippen LogP contribution >= 0.6 is 11.8 Å². The summed E-state index contributed by atoms with van der Waals surface area (Å²) in [6, 6.07) is 7.00. The molecular formula is C20H23N5O3S. The maximum absolute atomic E-state index is 12.8. The lowest BCUT2D eigenvalue weighted by molar-refractivity contribution is 0.0222. The molecule has 8 nitrogen and oxygen atoms in total. The molecule has 0 spiro atoms. The summed E-state index contributed by atoms with van der Waals surface area (Å²) in [6.45, 7) is 6.26. The van der Waals surface area contributed by atoms with Gasteiger partial charge in [-0.3, -0.25) is 9.48 Å². The Labute approximate surface area is 173 Å². The standard InChI is InChI=1S/C20H23N5O3S/c1-20(2,3)28-19(27)25-10-9-16-15(11-25)17(23-24(16)4)18(26)22-13-5-7-14(8-6-13)29-12-21/h5-8H,9-11H2,1-4H3,(H,22,26). The second-order valence-corrected chi connectivity index (χ2v) is 8.58. The molecule has 0 aliphatic carbocycles. The van der Waals surface area contributed by atoms with E-state index in [1.807, 2.05) is 26.2 Å². The third kappa shape index (κ3) is 4.90. The summed E-state index contributed by atoms with van der Waals surface area (Å²) in [5, 5.41) is 17.9. The third-order valence-corrected chi connectivity index (χ3v) is 4.98. The van der Waals surface area contributed by atoms with Gasteiger partial charge in [0.1, 0.15) is 11.0 Å². The summed E-state index contributed by atoms with van der Waals surface area (Å²) >= 11 is 1.06. The Morgan fingerprint density at radius 2 is 1.97 bits per heavy atom. The number of amides is 2. The molecule has 2 heterocycles. The molecule has 1 N–H and O–H groups in total. The molecule has 9 heteroatoms. The number of hydrogen-bond donors (Lipinski definition) is 1. The molecule has 1 aliphatic rings. The molecule has 1 aliphatic heterocycles. The lowest BCUT2D eigenvalue weighted by Crippen LogP contribution is -2.40. The quantitative estimate of drug-likeness (QED) is 0.610. The van der Waals surface area contributed by atoms with Crippen molar-refractivity contribution in [2.75, 3.05) is 11.9 Å². The number of benzene rings is 1. The fourth-order valence-corrected chi connectivity index (χ4v) is 3.48. The van der Waals surface area contributed by atoms with Gasteiger partial charge in [-0.25, -0.2) is 4.79 Å². The molecule has 1 aromatic heterocycles. The molecule has 29 heavy (non-hydrogen) atoms. The van der Waals surface area contributed by atoms with Crippen molar-refractivity contribution in [1.82, 2.24) is 14.7 Å². The van der Waals surface area contributed by atoms with E-state index in [2.05, 4.69) is 10.4 Å². The molecular weight excluding hydrogens is 390 g/mol. The van der Waals surface area contributed by atoms with Gasteiger partial charge in [0.05, 0.1) is 6.54 Å². The van der Waals surface area contributed by atoms with E-state index in [0.29, 0.717) is 24.3 Å². The SMILES string of the molecule is Cn1nc(C(=O)Nc2ccc(SC#N)cc2)c2c1CCN(C(=O)OC(C)(C)C)C2. The first-order valence-electron chi connectivity index (χ1n) is 9.18. The molecule has 0 saturated heterocycles. The lowest BCUT2D eigenvalue weighted by Gasteiger charge is -2.30. The number of thioether (sulfide) groups is 1. The number of hydrogen-bond acceptors (Lipinski definition) is 6. The summed E-state index contributed by atoms with van der Waals surface area (Å²) < 4.78 is 7.16. The number of nitrogens with one attached hydrogen (secondary N) is 1. The Kier molecular flexibility index (Phi) is 5.84. The van der Waals surface area contributed by atoms with Crippen molar-refractivity contribution in [3.8, 4) is 5.40 Å². The molecule has 3 rings (SSSR count). The van der Waals surface area contributed by atoms with E-state index in [1.165, 1.54) is 0 Å². The topological polar surface area (TPSA) is 100 Å². The summed E-state index contributed by atoms with van der Waals surface area (Å²) in [6.07, 6.45) is 0.203. The summed E-state index contributed by atoms with van der Waals surface area (Å²) in [4.78, 5) is 27.7. The fraction of sp³-hybridized carbons (Fsp3) is 0.400. The van der Waals surface area contributed by atoms with E-state index in [1.54, 1.807) is 40.9 Å². The first-order valence-corrected chi connectivity index (χ1v) is 9.99. The predicted octanol–water partition coefficient (Wildman–Crippen LogP) is 3.54. The lowest BCUT2D eigenvalue weighted by atomic mass is 10.0. The highest BCUT2D eigenvalue weighted by Crippen LogP contribution is 2.25. The van der Waals surface area contributed by atoms with Crippen LogP contribution in [0.5, 0.6) is 0 Å². The van der Waals surface area contributed by atoms with Gasteiger partial charge in [0.2, 0.25) is 0 Å². The van der Waals surface area contributed by atoms with Gasteiger partial charge in [-0.15, -0.1) is 0 Å². The normalized spacial score (nSPS) is 13.4. The second-order valence-electron chi connectivity index (χ2n) is 7.72. The molecule has 0 bridgehead atoms. The Bertz CT molecular complexity index is 970. The highest BCUT2D eigenvalue weighted by Gasteiger charge is 2.31. The number of aryl methyl sites for hydroxylation is 1. The molecule has 1 aromatic carbocycles. The van der Waals surface area contributed by atoms with E-state index in [4.69, 9.17) is 10.00 Å². The zero-order valence-corrected chi connectivity index (χ0v) is 17.7. The second kappa shape index (κ2) is 8.17. The van der Waals surface area contributed by atoms with Crippen molar-refractivity contribution < 1.29 is 14.3 Å². The van der Waals surface area contributed by atoms with E-state index in [-0.39, 0.29) is 12.5 Å². The van der Waals surface area contributed by atoms with Gasteiger partial charge >= 0.3 is 6.09 Å². The number of nitriles is 1. The molecule has 0 saturated carbocycles. The van der Waals surface area contributed by atoms with Crippen LogP contribution in [0.15, 0.2) is 29.2 Å². The Morgan fingerprint density at radius 1 is 1.28 bits per heavy atom. The number of rotatable bonds is 3. The average Bonchev–Trinajstić information content (AvgIpc) is 2.98. The zero-order chi connectivity index (χ0) is 21.2. The first kappa shape index (κ1) is 20.7. The van der Waals surface area contributed by atoms with Gasteiger partial charge in [0.15, 0.2) is 5.69 Å². The van der Waals surface area contributed by atoms with Crippen molar-refractivity contribution in [1.29, 1.82) is 5.26 Å². The molecule has 0 radical (unpaired) electrons. The maximum Gasteiger partial charge on any atom is 0.410 e. The Balaban J connectivity index is 1.77. The van der Waals surface area contributed by atoms with Crippen molar-refractivity contribution in [3.05, 3.63) is 41.2 Å². The summed E-state index contributed by atoms with van der Waals surface area (Å²) in [7, 11) is 1.80. The van der Waals surface area contributed by atoms with Gasteiger partial charge in [-0.05, 0) is 56.8 Å². The van der Waals surface area contributed by atoms with E-state index in [0.717, 1.165) is 27.9 Å². The van der Waals surface area contributed by atoms with E-state index in [9.17, 15) is 9.59 Å². The van der Waals surface area contributed by atoms with Crippen molar-refractivity contribution >= 4 is 29.4 Å². The number of anilines is 1. The van der Waals surface area contributed by atoms with Gasteiger partial charge in [0, 0.05) is 41.9 Å². The minimum atomic E-state index is -0.581. The Hall–Kier alpha value is -2.99. The molecule has 2 amide bonds. The van der Waals surface area contributed by atoms with Crippen LogP contribution in [-0.2, 0) is 24.8 Å². The number of carbonyl (C=O) groups excluding carboxylic acids is 2. The minimum absolute atomic E-state index is 0.276. The van der Waals surface area contributed by atoms with Gasteiger partial charge in [0.25, 0.3) is 5.91 Å². The van der Waals surface area contributed by atoms with Crippen molar-refractivity contribution in [2.45, 2.75) is 44.2 Å². The number of carbonyl (C=O) groups is 2. The number of fused-ring (bicyclic) bond motifs is 1. The number of aromatic nitrogens is 2. The highest BCUT2D eigenvalue weighted by molar-refractivity contribution is 8.03. The molecule has 2 aromatic rings. The largest absolute Gasteiger partial charge is 0.444 e. The van der Waals surface area contributed by atoms with Crippen molar-refractivity contribution in [3.63, 3.8) is 0 Å². The third-order valence-electron chi connectivity index (χ3n) is 4.38. The highest BCUT2D eigenvalue weighted by atomic mass is 32.2. The molecule has 0 fully saturated rings. The number of thiocyanates is 1. The van der Waals surface area contributed by atoms with Crippen molar-refractivity contribution in [2.24, 2.45) is 7.05 Å². The van der Waals surface area contributed by atoms with Gasteiger partial charge in [-0.1, -0.05) is 0 Å². The zero-order valence-electron chi connectivity index (χ0n) is 16.9. The number of ether oxygens (including phenoxy) is 1. The van der Waals surface area contributed by atoms with E-state index < -0.39 is 11.7 Å². The smallest absolute Gasteiger partial charge is 0.410 e. The maximum atomic E-state index is 12.8. The van der Waals surface area contributed by atoms with E-state index >= 15 is 0 Å².